The fraction of sp³-hybridized carbons (Fsp3) is 0.0400. The Balaban J connectivity index is 1.57. The van der Waals surface area contributed by atoms with Crippen molar-refractivity contribution in [3.05, 3.63) is 108 Å². The van der Waals surface area contributed by atoms with Crippen LogP contribution in [0, 0.1) is 0 Å². The molecule has 4 heteroatoms. The first kappa shape index (κ1) is 17.4. The smallest absolute Gasteiger partial charge is 0.399 e. The van der Waals surface area contributed by atoms with Crippen molar-refractivity contribution >= 4 is 34.7 Å². The molecule has 0 aliphatic carbocycles. The highest BCUT2D eigenvalue weighted by Gasteiger charge is 2.22. The molecule has 140 valence electrons. The summed E-state index contributed by atoms with van der Waals surface area (Å²) in [6.07, 6.45) is 0. The molecule has 0 atom stereocenters. The summed E-state index contributed by atoms with van der Waals surface area (Å²) in [5.41, 5.74) is 5.81. The minimum absolute atomic E-state index is 0.0205. The van der Waals surface area contributed by atoms with E-state index in [2.05, 4.69) is 89.2 Å². The van der Waals surface area contributed by atoms with Crippen LogP contribution in [-0.4, -0.2) is 14.1 Å². The minimum Gasteiger partial charge on any atom is -0.497 e. The van der Waals surface area contributed by atoms with Crippen molar-refractivity contribution in [3.8, 4) is 5.75 Å². The number of hydrogen-bond acceptors (Lipinski definition) is 3. The van der Waals surface area contributed by atoms with Gasteiger partial charge in [-0.3, -0.25) is 0 Å². The zero-order valence-electron chi connectivity index (χ0n) is 16.2. The zero-order chi connectivity index (χ0) is 19.6. The van der Waals surface area contributed by atoms with Gasteiger partial charge in [-0.25, -0.2) is 0 Å². The Kier molecular flexibility index (Phi) is 4.45. The Morgan fingerprint density at radius 2 is 1.34 bits per heavy atom. The molecule has 0 fully saturated rings. The lowest BCUT2D eigenvalue weighted by Gasteiger charge is -2.25. The summed E-state index contributed by atoms with van der Waals surface area (Å²) in [5, 5.41) is 9.76. The average molecular weight is 376 g/mol. The third-order valence-corrected chi connectivity index (χ3v) is 5.35. The number of ether oxygens (including phenoxy) is 1. The number of nitrogens with one attached hydrogen (secondary N) is 2. The fourth-order valence-electron chi connectivity index (χ4n) is 3.95. The number of hydrogen-bond donors (Lipinski definition) is 2. The molecule has 4 aromatic rings. The standard InChI is InChI=1S/C25H21BN2O/c1-29-21-15-13-19(14-16-21)22(18-7-3-2-4-8-18)17-26-27-23-11-5-9-20-10-6-12-24(28-26)25(20)23/h2-17,27-28H,1H3/b22-17-. The van der Waals surface area contributed by atoms with Gasteiger partial charge in [0, 0.05) is 16.8 Å². The van der Waals surface area contributed by atoms with E-state index in [9.17, 15) is 0 Å². The van der Waals surface area contributed by atoms with Crippen LogP contribution < -0.4 is 15.2 Å². The molecule has 0 unspecified atom stereocenters. The molecule has 2 N–H and O–H groups in total. The van der Waals surface area contributed by atoms with Gasteiger partial charge in [0.05, 0.1) is 7.11 Å². The van der Waals surface area contributed by atoms with E-state index in [4.69, 9.17) is 4.74 Å². The lowest BCUT2D eigenvalue weighted by atomic mass is 9.70. The quantitative estimate of drug-likeness (QED) is 0.439. The maximum Gasteiger partial charge on any atom is 0.399 e. The summed E-state index contributed by atoms with van der Waals surface area (Å²) in [6.45, 7) is -0.0205. The van der Waals surface area contributed by atoms with Gasteiger partial charge in [0.2, 0.25) is 0 Å². The molecule has 0 saturated heterocycles. The summed E-state index contributed by atoms with van der Waals surface area (Å²) >= 11 is 0. The van der Waals surface area contributed by atoms with Crippen LogP contribution in [0.3, 0.4) is 0 Å². The molecule has 0 amide bonds. The van der Waals surface area contributed by atoms with Gasteiger partial charge in [-0.1, -0.05) is 72.7 Å². The van der Waals surface area contributed by atoms with Gasteiger partial charge in [0.1, 0.15) is 5.75 Å². The molecule has 1 heterocycles. The van der Waals surface area contributed by atoms with E-state index in [1.807, 2.05) is 18.2 Å². The van der Waals surface area contributed by atoms with Crippen LogP contribution in [-0.2, 0) is 0 Å². The topological polar surface area (TPSA) is 33.3 Å². The molecule has 0 radical (unpaired) electrons. The van der Waals surface area contributed by atoms with Crippen molar-refractivity contribution < 1.29 is 4.74 Å². The van der Waals surface area contributed by atoms with Crippen LogP contribution in [0.1, 0.15) is 11.1 Å². The monoisotopic (exact) mass is 376 g/mol. The summed E-state index contributed by atoms with van der Waals surface area (Å²) in [4.78, 5) is 0. The van der Waals surface area contributed by atoms with Crippen LogP contribution in [0.5, 0.6) is 5.75 Å². The molecular formula is C25H21BN2O. The van der Waals surface area contributed by atoms with Gasteiger partial charge < -0.3 is 15.2 Å². The molecule has 0 aromatic heterocycles. The molecule has 0 saturated carbocycles. The van der Waals surface area contributed by atoms with E-state index in [1.165, 1.54) is 21.9 Å². The van der Waals surface area contributed by atoms with Crippen molar-refractivity contribution in [2.24, 2.45) is 0 Å². The van der Waals surface area contributed by atoms with Crippen LogP contribution in [0.4, 0.5) is 11.4 Å². The maximum atomic E-state index is 5.33. The van der Waals surface area contributed by atoms with Gasteiger partial charge in [0.25, 0.3) is 0 Å². The minimum atomic E-state index is -0.0205. The highest BCUT2D eigenvalue weighted by Crippen LogP contribution is 2.35. The first-order chi connectivity index (χ1) is 14.3. The Labute approximate surface area is 171 Å². The van der Waals surface area contributed by atoms with Crippen LogP contribution >= 0.6 is 0 Å². The van der Waals surface area contributed by atoms with Crippen molar-refractivity contribution in [2.45, 2.75) is 0 Å². The lowest BCUT2D eigenvalue weighted by Crippen LogP contribution is -2.35. The Hall–Kier alpha value is -3.66. The lowest BCUT2D eigenvalue weighted by molar-refractivity contribution is 0.415. The predicted molar refractivity (Wildman–Crippen MR) is 123 cm³/mol. The largest absolute Gasteiger partial charge is 0.497 e. The molecule has 29 heavy (non-hydrogen) atoms. The molecule has 3 nitrogen and oxygen atoms in total. The second-order valence-corrected chi connectivity index (χ2v) is 7.15. The maximum absolute atomic E-state index is 5.33. The van der Waals surface area contributed by atoms with Crippen molar-refractivity contribution in [1.82, 2.24) is 0 Å². The Bertz CT molecular complexity index is 1150. The molecule has 5 rings (SSSR count). The second kappa shape index (κ2) is 7.40. The molecule has 1 aliphatic rings. The molecular weight excluding hydrogens is 355 g/mol. The fourth-order valence-corrected chi connectivity index (χ4v) is 3.95. The van der Waals surface area contributed by atoms with Gasteiger partial charge >= 0.3 is 6.98 Å². The summed E-state index contributed by atoms with van der Waals surface area (Å²) < 4.78 is 5.33. The predicted octanol–water partition coefficient (Wildman–Crippen LogP) is 5.85. The first-order valence-electron chi connectivity index (χ1n) is 9.78. The number of benzene rings is 4. The highest BCUT2D eigenvalue weighted by molar-refractivity contribution is 6.73. The number of rotatable bonds is 4. The van der Waals surface area contributed by atoms with Crippen molar-refractivity contribution in [1.29, 1.82) is 0 Å². The third kappa shape index (κ3) is 3.34. The van der Waals surface area contributed by atoms with Gasteiger partial charge in [0.15, 0.2) is 0 Å². The van der Waals surface area contributed by atoms with E-state index in [-0.39, 0.29) is 6.98 Å². The van der Waals surface area contributed by atoms with E-state index in [0.29, 0.717) is 0 Å². The summed E-state index contributed by atoms with van der Waals surface area (Å²) in [5.74, 6) is 3.11. The van der Waals surface area contributed by atoms with Crippen molar-refractivity contribution in [2.75, 3.05) is 17.6 Å². The summed E-state index contributed by atoms with van der Waals surface area (Å²) in [6, 6.07) is 31.5. The molecule has 4 aromatic carbocycles. The van der Waals surface area contributed by atoms with Gasteiger partial charge in [-0.15, -0.1) is 0 Å². The van der Waals surface area contributed by atoms with E-state index in [0.717, 1.165) is 22.7 Å². The van der Waals surface area contributed by atoms with E-state index in [1.54, 1.807) is 7.11 Å². The second-order valence-electron chi connectivity index (χ2n) is 7.15. The van der Waals surface area contributed by atoms with Crippen LogP contribution in [0.2, 0.25) is 0 Å². The number of anilines is 2. The molecule has 0 spiro atoms. The van der Waals surface area contributed by atoms with Gasteiger partial charge in [-0.05, 0) is 46.4 Å². The normalized spacial score (nSPS) is 13.0. The third-order valence-electron chi connectivity index (χ3n) is 5.35. The first-order valence-corrected chi connectivity index (χ1v) is 9.78. The Morgan fingerprint density at radius 1 is 0.724 bits per heavy atom. The van der Waals surface area contributed by atoms with Crippen LogP contribution in [0.25, 0.3) is 16.3 Å². The van der Waals surface area contributed by atoms with Crippen molar-refractivity contribution in [3.63, 3.8) is 0 Å². The molecule has 1 aliphatic heterocycles. The van der Waals surface area contributed by atoms with E-state index >= 15 is 0 Å². The SMILES string of the molecule is COc1ccc(/C(=C\B2Nc3cccc4cccc(c34)N2)c2ccccc2)cc1. The Morgan fingerprint density at radius 3 is 1.97 bits per heavy atom. The zero-order valence-corrected chi connectivity index (χ0v) is 16.2. The number of methoxy groups -OCH3 is 1. The summed E-state index contributed by atoms with van der Waals surface area (Å²) in [7, 11) is 1.69. The van der Waals surface area contributed by atoms with Gasteiger partial charge in [-0.2, -0.15) is 0 Å². The molecule has 0 bridgehead atoms. The van der Waals surface area contributed by atoms with Crippen LogP contribution in [0.15, 0.2) is 97.0 Å². The highest BCUT2D eigenvalue weighted by atomic mass is 16.5. The average Bonchev–Trinajstić information content (AvgIpc) is 2.78. The van der Waals surface area contributed by atoms with E-state index < -0.39 is 0 Å².